The molecule has 1 N–H and O–H groups in total. The van der Waals surface area contributed by atoms with E-state index in [0.717, 1.165) is 6.04 Å². The van der Waals surface area contributed by atoms with Crippen molar-refractivity contribution < 1.29 is 0 Å². The van der Waals surface area contributed by atoms with Gasteiger partial charge in [-0.25, -0.2) is 0 Å². The minimum Gasteiger partial charge on any atom is -0.309 e. The summed E-state index contributed by atoms with van der Waals surface area (Å²) in [6.07, 6.45) is 8.18. The van der Waals surface area contributed by atoms with Crippen LogP contribution in [0.1, 0.15) is 52.4 Å². The van der Waals surface area contributed by atoms with Crippen LogP contribution >= 0.6 is 0 Å². The van der Waals surface area contributed by atoms with Gasteiger partial charge in [-0.05, 0) is 53.2 Å². The number of nitrogens with zero attached hydrogens (tertiary/aromatic N) is 2. The minimum absolute atomic E-state index is 0.456. The molecule has 0 aromatic carbocycles. The van der Waals surface area contributed by atoms with Crippen LogP contribution in [-0.2, 0) is 0 Å². The zero-order chi connectivity index (χ0) is 13.9. The van der Waals surface area contributed by atoms with Crippen LogP contribution in [0, 0.1) is 0 Å². The zero-order valence-corrected chi connectivity index (χ0v) is 13.4. The molecule has 112 valence electrons. The highest BCUT2D eigenvalue weighted by atomic mass is 15.3. The second kappa shape index (κ2) is 6.55. The van der Waals surface area contributed by atoms with E-state index in [9.17, 15) is 0 Å². The molecule has 1 saturated heterocycles. The Morgan fingerprint density at radius 1 is 1.32 bits per heavy atom. The SMILES string of the molecule is CCC1CNC2(CCCC2)CN1C(C)CCN(C)C. The number of hydrogen-bond donors (Lipinski definition) is 1. The molecule has 2 unspecified atom stereocenters. The first kappa shape index (κ1) is 15.3. The lowest BCUT2D eigenvalue weighted by Gasteiger charge is -2.49. The molecule has 3 heteroatoms. The molecule has 1 spiro atoms. The van der Waals surface area contributed by atoms with Crippen molar-refractivity contribution >= 4 is 0 Å². The van der Waals surface area contributed by atoms with E-state index in [1.165, 1.54) is 58.2 Å². The standard InChI is InChI=1S/C16H33N3/c1-5-15-12-17-16(9-6-7-10-16)13-19(15)14(2)8-11-18(3)4/h14-15,17H,5-13H2,1-4H3. The van der Waals surface area contributed by atoms with Gasteiger partial charge >= 0.3 is 0 Å². The Labute approximate surface area is 119 Å². The van der Waals surface area contributed by atoms with Crippen LogP contribution in [-0.4, -0.2) is 61.2 Å². The maximum absolute atomic E-state index is 3.89. The zero-order valence-electron chi connectivity index (χ0n) is 13.4. The molecule has 0 amide bonds. The van der Waals surface area contributed by atoms with Crippen LogP contribution in [0.3, 0.4) is 0 Å². The van der Waals surface area contributed by atoms with Gasteiger partial charge in [0, 0.05) is 30.7 Å². The van der Waals surface area contributed by atoms with Crippen molar-refractivity contribution in [1.29, 1.82) is 0 Å². The molecule has 3 nitrogen and oxygen atoms in total. The molecular weight excluding hydrogens is 234 g/mol. The number of rotatable bonds is 5. The summed E-state index contributed by atoms with van der Waals surface area (Å²) in [5, 5.41) is 3.89. The third-order valence-corrected chi connectivity index (χ3v) is 5.26. The Balaban J connectivity index is 1.96. The number of hydrogen-bond acceptors (Lipinski definition) is 3. The first-order chi connectivity index (χ1) is 9.06. The highest BCUT2D eigenvalue weighted by Gasteiger charge is 2.41. The number of piperazine rings is 1. The second-order valence-electron chi connectivity index (χ2n) is 7.04. The summed E-state index contributed by atoms with van der Waals surface area (Å²) in [6.45, 7) is 8.45. The van der Waals surface area contributed by atoms with Gasteiger partial charge in [0.25, 0.3) is 0 Å². The summed E-state index contributed by atoms with van der Waals surface area (Å²) in [6, 6.07) is 1.45. The van der Waals surface area contributed by atoms with Gasteiger partial charge in [0.05, 0.1) is 0 Å². The fraction of sp³-hybridized carbons (Fsp3) is 1.00. The van der Waals surface area contributed by atoms with Gasteiger partial charge in [0.15, 0.2) is 0 Å². The Hall–Kier alpha value is -0.120. The summed E-state index contributed by atoms with van der Waals surface area (Å²) < 4.78 is 0. The van der Waals surface area contributed by atoms with E-state index in [-0.39, 0.29) is 0 Å². The van der Waals surface area contributed by atoms with Crippen LogP contribution < -0.4 is 5.32 Å². The van der Waals surface area contributed by atoms with Crippen molar-refractivity contribution in [2.45, 2.75) is 70.0 Å². The van der Waals surface area contributed by atoms with E-state index in [1.54, 1.807) is 0 Å². The Kier molecular flexibility index (Phi) is 5.27. The third-order valence-electron chi connectivity index (χ3n) is 5.26. The second-order valence-corrected chi connectivity index (χ2v) is 7.04. The smallest absolute Gasteiger partial charge is 0.0309 e. The van der Waals surface area contributed by atoms with Crippen molar-refractivity contribution in [2.24, 2.45) is 0 Å². The van der Waals surface area contributed by atoms with E-state index in [0.29, 0.717) is 11.6 Å². The van der Waals surface area contributed by atoms with Crippen LogP contribution in [0.25, 0.3) is 0 Å². The third kappa shape index (κ3) is 3.71. The summed E-state index contributed by atoms with van der Waals surface area (Å²) in [5.74, 6) is 0. The predicted octanol–water partition coefficient (Wildman–Crippen LogP) is 2.32. The Bertz CT molecular complexity index is 271. The maximum Gasteiger partial charge on any atom is 0.0309 e. The minimum atomic E-state index is 0.456. The Morgan fingerprint density at radius 2 is 2.00 bits per heavy atom. The summed E-state index contributed by atoms with van der Waals surface area (Å²) in [7, 11) is 4.36. The van der Waals surface area contributed by atoms with Crippen LogP contribution in [0.5, 0.6) is 0 Å². The van der Waals surface area contributed by atoms with E-state index < -0.39 is 0 Å². The molecule has 2 rings (SSSR count). The van der Waals surface area contributed by atoms with Gasteiger partial charge in [0.2, 0.25) is 0 Å². The predicted molar refractivity (Wildman–Crippen MR) is 82.6 cm³/mol. The average Bonchev–Trinajstić information content (AvgIpc) is 2.84. The molecule has 1 saturated carbocycles. The van der Waals surface area contributed by atoms with E-state index in [1.807, 2.05) is 0 Å². The van der Waals surface area contributed by atoms with Crippen LogP contribution in [0.2, 0.25) is 0 Å². The van der Waals surface area contributed by atoms with E-state index in [4.69, 9.17) is 0 Å². The largest absolute Gasteiger partial charge is 0.309 e. The fourth-order valence-corrected chi connectivity index (χ4v) is 3.88. The molecular formula is C16H33N3. The summed E-state index contributed by atoms with van der Waals surface area (Å²) in [4.78, 5) is 5.12. The first-order valence-electron chi connectivity index (χ1n) is 8.22. The highest BCUT2D eigenvalue weighted by Crippen LogP contribution is 2.34. The lowest BCUT2D eigenvalue weighted by molar-refractivity contribution is 0.0415. The van der Waals surface area contributed by atoms with Crippen LogP contribution in [0.15, 0.2) is 0 Å². The molecule has 19 heavy (non-hydrogen) atoms. The van der Waals surface area contributed by atoms with Crippen molar-refractivity contribution in [3.63, 3.8) is 0 Å². The van der Waals surface area contributed by atoms with Crippen molar-refractivity contribution in [1.82, 2.24) is 15.1 Å². The molecule has 1 aliphatic heterocycles. The monoisotopic (exact) mass is 267 g/mol. The van der Waals surface area contributed by atoms with Gasteiger partial charge in [-0.15, -0.1) is 0 Å². The topological polar surface area (TPSA) is 18.5 Å². The summed E-state index contributed by atoms with van der Waals surface area (Å²) >= 11 is 0. The van der Waals surface area contributed by atoms with Gasteiger partial charge in [-0.3, -0.25) is 4.90 Å². The normalized spacial score (nSPS) is 29.2. The van der Waals surface area contributed by atoms with Gasteiger partial charge < -0.3 is 10.2 Å². The molecule has 0 aromatic rings. The molecule has 0 radical (unpaired) electrons. The lowest BCUT2D eigenvalue weighted by Crippen LogP contribution is -2.64. The molecule has 2 fully saturated rings. The molecule has 0 bridgehead atoms. The van der Waals surface area contributed by atoms with Crippen LogP contribution in [0.4, 0.5) is 0 Å². The highest BCUT2D eigenvalue weighted by molar-refractivity contribution is 5.01. The van der Waals surface area contributed by atoms with Gasteiger partial charge in [0.1, 0.15) is 0 Å². The van der Waals surface area contributed by atoms with Crippen molar-refractivity contribution in [3.8, 4) is 0 Å². The van der Waals surface area contributed by atoms with Crippen molar-refractivity contribution in [2.75, 3.05) is 33.7 Å². The number of nitrogens with one attached hydrogen (secondary N) is 1. The average molecular weight is 267 g/mol. The van der Waals surface area contributed by atoms with Gasteiger partial charge in [-0.1, -0.05) is 19.8 Å². The summed E-state index contributed by atoms with van der Waals surface area (Å²) in [5.41, 5.74) is 0.456. The molecule has 2 aliphatic rings. The first-order valence-corrected chi connectivity index (χ1v) is 8.22. The van der Waals surface area contributed by atoms with E-state index in [2.05, 4.69) is 43.1 Å². The molecule has 0 aromatic heterocycles. The Morgan fingerprint density at radius 3 is 2.58 bits per heavy atom. The molecule has 2 atom stereocenters. The quantitative estimate of drug-likeness (QED) is 0.825. The van der Waals surface area contributed by atoms with E-state index >= 15 is 0 Å². The van der Waals surface area contributed by atoms with Gasteiger partial charge in [-0.2, -0.15) is 0 Å². The molecule has 1 heterocycles. The molecule has 1 aliphatic carbocycles. The maximum atomic E-state index is 3.89. The fourth-order valence-electron chi connectivity index (χ4n) is 3.88. The van der Waals surface area contributed by atoms with Crippen molar-refractivity contribution in [3.05, 3.63) is 0 Å². The lowest BCUT2D eigenvalue weighted by atomic mass is 9.90.